The molecule has 0 bridgehead atoms. The second-order valence-corrected chi connectivity index (χ2v) is 5.94. The van der Waals surface area contributed by atoms with Crippen molar-refractivity contribution in [2.45, 2.75) is 33.7 Å². The first kappa shape index (κ1) is 16.9. The Labute approximate surface area is 137 Å². The lowest BCUT2D eigenvalue weighted by molar-refractivity contribution is 0.0943. The minimum Gasteiger partial charge on any atom is -0.359 e. The molecule has 1 heterocycles. The molecule has 0 unspecified atom stereocenters. The normalized spacial score (nSPS) is 10.7. The summed E-state index contributed by atoms with van der Waals surface area (Å²) in [4.78, 5) is 23.4. The topological polar surface area (TPSA) is 58.1 Å². The maximum atomic E-state index is 12.4. The highest BCUT2D eigenvalue weighted by Crippen LogP contribution is 2.22. The number of nitrogens with one attached hydrogen (secondary N) is 1. The summed E-state index contributed by atoms with van der Waals surface area (Å²) in [6, 6.07) is 8.10. The van der Waals surface area contributed by atoms with E-state index in [-0.39, 0.29) is 11.9 Å². The van der Waals surface area contributed by atoms with E-state index in [1.807, 2.05) is 63.9 Å². The van der Waals surface area contributed by atoms with Crippen LogP contribution < -0.4 is 10.2 Å². The fourth-order valence-electron chi connectivity index (χ4n) is 2.24. The number of nitrogens with zero attached hydrogens (tertiary/aromatic N) is 3. The Hall–Kier alpha value is -2.43. The van der Waals surface area contributed by atoms with Gasteiger partial charge in [-0.2, -0.15) is 0 Å². The van der Waals surface area contributed by atoms with Crippen molar-refractivity contribution in [2.75, 3.05) is 18.5 Å². The molecule has 0 radical (unpaired) electrons. The molecule has 2 aromatic rings. The van der Waals surface area contributed by atoms with Crippen molar-refractivity contribution in [1.29, 1.82) is 0 Å². The van der Waals surface area contributed by atoms with Gasteiger partial charge in [0.2, 0.25) is 0 Å². The van der Waals surface area contributed by atoms with E-state index in [0.29, 0.717) is 17.2 Å². The zero-order chi connectivity index (χ0) is 17.0. The predicted molar refractivity (Wildman–Crippen MR) is 93.8 cm³/mol. The van der Waals surface area contributed by atoms with Crippen molar-refractivity contribution >= 4 is 11.7 Å². The highest BCUT2D eigenvalue weighted by atomic mass is 16.1. The van der Waals surface area contributed by atoms with Crippen LogP contribution in [0.5, 0.6) is 0 Å². The lowest BCUT2D eigenvalue weighted by atomic mass is 10.1. The molecule has 5 nitrogen and oxygen atoms in total. The molecule has 0 saturated carbocycles. The second-order valence-electron chi connectivity index (χ2n) is 5.94. The minimum atomic E-state index is -0.147. The molecule has 0 saturated heterocycles. The zero-order valence-electron chi connectivity index (χ0n) is 14.4. The van der Waals surface area contributed by atoms with Crippen LogP contribution in [0.4, 0.5) is 5.82 Å². The number of carbonyl (C=O) groups excluding carboxylic acids is 1. The minimum absolute atomic E-state index is 0.0683. The zero-order valence-corrected chi connectivity index (χ0v) is 14.4. The van der Waals surface area contributed by atoms with Crippen molar-refractivity contribution in [3.8, 4) is 11.4 Å². The summed E-state index contributed by atoms with van der Waals surface area (Å²) in [5.74, 6) is 1.13. The third-order valence-electron chi connectivity index (χ3n) is 3.55. The molecule has 0 fully saturated rings. The van der Waals surface area contributed by atoms with Crippen molar-refractivity contribution in [3.63, 3.8) is 0 Å². The highest BCUT2D eigenvalue weighted by Gasteiger charge is 2.18. The number of anilines is 1. The van der Waals surface area contributed by atoms with Crippen LogP contribution in [-0.4, -0.2) is 35.5 Å². The van der Waals surface area contributed by atoms with Gasteiger partial charge in [-0.3, -0.25) is 4.79 Å². The molecule has 2 rings (SSSR count). The number of amides is 1. The van der Waals surface area contributed by atoms with Crippen LogP contribution in [0.2, 0.25) is 0 Å². The van der Waals surface area contributed by atoms with Gasteiger partial charge >= 0.3 is 0 Å². The van der Waals surface area contributed by atoms with Crippen LogP contribution in [0.25, 0.3) is 11.4 Å². The van der Waals surface area contributed by atoms with Gasteiger partial charge in [0, 0.05) is 31.4 Å². The van der Waals surface area contributed by atoms with Gasteiger partial charge in [-0.25, -0.2) is 9.97 Å². The van der Waals surface area contributed by atoms with Gasteiger partial charge in [0.05, 0.1) is 0 Å². The van der Waals surface area contributed by atoms with Crippen LogP contribution in [0.1, 0.15) is 36.7 Å². The van der Waals surface area contributed by atoms with Crippen LogP contribution in [0.15, 0.2) is 30.5 Å². The highest BCUT2D eigenvalue weighted by molar-refractivity contribution is 5.99. The number of aromatic nitrogens is 2. The predicted octanol–water partition coefficient (Wildman–Crippen LogP) is 3.05. The Morgan fingerprint density at radius 2 is 2.09 bits per heavy atom. The standard InChI is InChI=1S/C18H24N4O/c1-6-22(5)17-15(18(23)20-12(2)3)11-19-16(21-17)14-9-7-8-13(4)10-14/h7-12H,6H2,1-5H3,(H,20,23). The monoisotopic (exact) mass is 312 g/mol. The second kappa shape index (κ2) is 7.22. The summed E-state index contributed by atoms with van der Waals surface area (Å²) in [6.45, 7) is 8.68. The molecule has 1 N–H and O–H groups in total. The van der Waals surface area contributed by atoms with Gasteiger partial charge in [-0.1, -0.05) is 23.8 Å². The van der Waals surface area contributed by atoms with Crippen molar-refractivity contribution in [2.24, 2.45) is 0 Å². The van der Waals surface area contributed by atoms with Crippen LogP contribution in [0, 0.1) is 6.92 Å². The Balaban J connectivity index is 2.48. The average Bonchev–Trinajstić information content (AvgIpc) is 2.52. The summed E-state index contributed by atoms with van der Waals surface area (Å²) < 4.78 is 0. The van der Waals surface area contributed by atoms with Gasteiger partial charge in [0.15, 0.2) is 5.82 Å². The summed E-state index contributed by atoms with van der Waals surface area (Å²) in [5.41, 5.74) is 2.60. The molecule has 23 heavy (non-hydrogen) atoms. The molecular formula is C18H24N4O. The summed E-state index contributed by atoms with van der Waals surface area (Å²) in [6.07, 6.45) is 1.61. The largest absolute Gasteiger partial charge is 0.359 e. The van der Waals surface area contributed by atoms with Gasteiger partial charge in [-0.15, -0.1) is 0 Å². The molecule has 0 aliphatic heterocycles. The van der Waals surface area contributed by atoms with Crippen molar-refractivity contribution in [3.05, 3.63) is 41.6 Å². The number of aryl methyl sites for hydroxylation is 1. The molecule has 0 aliphatic carbocycles. The van der Waals surface area contributed by atoms with Crippen LogP contribution in [-0.2, 0) is 0 Å². The van der Waals surface area contributed by atoms with Gasteiger partial charge in [0.1, 0.15) is 11.4 Å². The first-order chi connectivity index (χ1) is 10.9. The quantitative estimate of drug-likeness (QED) is 0.922. The van der Waals surface area contributed by atoms with E-state index in [4.69, 9.17) is 0 Å². The molecule has 5 heteroatoms. The Bertz CT molecular complexity index is 697. The summed E-state index contributed by atoms with van der Waals surface area (Å²) >= 11 is 0. The van der Waals surface area contributed by atoms with Crippen LogP contribution >= 0.6 is 0 Å². The summed E-state index contributed by atoms with van der Waals surface area (Å²) in [7, 11) is 1.93. The SMILES string of the molecule is CCN(C)c1nc(-c2cccc(C)c2)ncc1C(=O)NC(C)C. The maximum Gasteiger partial charge on any atom is 0.256 e. The molecule has 1 aromatic carbocycles. The lowest BCUT2D eigenvalue weighted by Gasteiger charge is -2.20. The third-order valence-corrected chi connectivity index (χ3v) is 3.55. The fraction of sp³-hybridized carbons (Fsp3) is 0.389. The van der Waals surface area contributed by atoms with Gasteiger partial charge in [0.25, 0.3) is 5.91 Å². The number of carbonyl (C=O) groups is 1. The molecule has 0 spiro atoms. The van der Waals surface area contributed by atoms with E-state index in [0.717, 1.165) is 17.7 Å². The van der Waals surface area contributed by atoms with E-state index >= 15 is 0 Å². The van der Waals surface area contributed by atoms with Gasteiger partial charge < -0.3 is 10.2 Å². The van der Waals surface area contributed by atoms with E-state index in [1.165, 1.54) is 0 Å². The fourth-order valence-corrected chi connectivity index (χ4v) is 2.24. The molecule has 122 valence electrons. The van der Waals surface area contributed by atoms with Crippen molar-refractivity contribution < 1.29 is 4.79 Å². The summed E-state index contributed by atoms with van der Waals surface area (Å²) in [5, 5.41) is 2.90. The van der Waals surface area contributed by atoms with Gasteiger partial charge in [-0.05, 0) is 33.8 Å². The van der Waals surface area contributed by atoms with E-state index in [2.05, 4.69) is 15.3 Å². The van der Waals surface area contributed by atoms with Crippen molar-refractivity contribution in [1.82, 2.24) is 15.3 Å². The molecule has 1 amide bonds. The number of rotatable bonds is 5. The first-order valence-electron chi connectivity index (χ1n) is 7.88. The lowest BCUT2D eigenvalue weighted by Crippen LogP contribution is -2.32. The Morgan fingerprint density at radius 1 is 1.35 bits per heavy atom. The Morgan fingerprint density at radius 3 is 2.70 bits per heavy atom. The van der Waals surface area contributed by atoms with Crippen LogP contribution in [0.3, 0.4) is 0 Å². The third kappa shape index (κ3) is 4.06. The van der Waals surface area contributed by atoms with E-state index in [9.17, 15) is 4.79 Å². The number of hydrogen-bond donors (Lipinski definition) is 1. The number of benzene rings is 1. The van der Waals surface area contributed by atoms with E-state index in [1.54, 1.807) is 6.20 Å². The smallest absolute Gasteiger partial charge is 0.256 e. The molecular weight excluding hydrogens is 288 g/mol. The molecule has 0 atom stereocenters. The Kier molecular flexibility index (Phi) is 5.32. The van der Waals surface area contributed by atoms with E-state index < -0.39 is 0 Å². The number of hydrogen-bond acceptors (Lipinski definition) is 4. The maximum absolute atomic E-state index is 12.4. The first-order valence-corrected chi connectivity index (χ1v) is 7.88. The molecule has 0 aliphatic rings. The average molecular weight is 312 g/mol. The molecule has 1 aromatic heterocycles.